The van der Waals surface area contributed by atoms with Crippen LogP contribution in [0.1, 0.15) is 24.0 Å². The van der Waals surface area contributed by atoms with E-state index >= 15 is 0 Å². The number of allylic oxidation sites excluding steroid dienone is 1. The predicted octanol–water partition coefficient (Wildman–Crippen LogP) is 3.86. The molecule has 0 heterocycles. The van der Waals surface area contributed by atoms with Crippen LogP contribution >= 0.6 is 0 Å². The van der Waals surface area contributed by atoms with Gasteiger partial charge in [0.1, 0.15) is 0 Å². The first kappa shape index (κ1) is 12.6. The lowest BCUT2D eigenvalue weighted by atomic mass is 9.96. The third-order valence-corrected chi connectivity index (χ3v) is 2.93. The van der Waals surface area contributed by atoms with Crippen LogP contribution in [0, 0.1) is 0 Å². The maximum absolute atomic E-state index is 5.56. The minimum absolute atomic E-state index is 0.743. The number of rotatable bonds is 5. The fraction of sp³-hybridized carbons (Fsp3) is 0.176. The summed E-state index contributed by atoms with van der Waals surface area (Å²) in [5.41, 5.74) is 9.39. The van der Waals surface area contributed by atoms with Crippen molar-refractivity contribution in [1.82, 2.24) is 0 Å². The summed E-state index contributed by atoms with van der Waals surface area (Å²) in [6.07, 6.45) is 4.34. The van der Waals surface area contributed by atoms with Crippen molar-refractivity contribution in [2.45, 2.75) is 12.8 Å². The molecule has 0 aliphatic rings. The molecule has 18 heavy (non-hydrogen) atoms. The summed E-state index contributed by atoms with van der Waals surface area (Å²) < 4.78 is 0. The number of benzene rings is 2. The number of unbranched alkanes of at least 4 members (excludes halogenated alkanes) is 1. The molecule has 0 bridgehead atoms. The average molecular weight is 237 g/mol. The van der Waals surface area contributed by atoms with Gasteiger partial charge in [-0.3, -0.25) is 0 Å². The Morgan fingerprint density at radius 1 is 0.833 bits per heavy atom. The maximum atomic E-state index is 5.56. The monoisotopic (exact) mass is 237 g/mol. The molecule has 0 radical (unpaired) electrons. The van der Waals surface area contributed by atoms with Crippen molar-refractivity contribution in [3.05, 3.63) is 77.9 Å². The molecule has 0 fully saturated rings. The highest BCUT2D eigenvalue weighted by molar-refractivity contribution is 5.79. The fourth-order valence-electron chi connectivity index (χ4n) is 2.00. The highest BCUT2D eigenvalue weighted by atomic mass is 14.5. The van der Waals surface area contributed by atoms with Crippen molar-refractivity contribution < 1.29 is 0 Å². The molecule has 0 unspecified atom stereocenters. The van der Waals surface area contributed by atoms with E-state index < -0.39 is 0 Å². The first-order valence-electron chi connectivity index (χ1n) is 6.43. The molecule has 2 rings (SSSR count). The summed E-state index contributed by atoms with van der Waals surface area (Å²) in [4.78, 5) is 0. The second kappa shape index (κ2) is 6.77. The van der Waals surface area contributed by atoms with Gasteiger partial charge in [-0.15, -0.1) is 0 Å². The summed E-state index contributed by atoms with van der Waals surface area (Å²) in [5.74, 6) is 0. The van der Waals surface area contributed by atoms with E-state index in [2.05, 4.69) is 54.6 Å². The van der Waals surface area contributed by atoms with E-state index in [1.54, 1.807) is 0 Å². The normalized spacial score (nSPS) is 10.1. The third-order valence-electron chi connectivity index (χ3n) is 2.93. The van der Waals surface area contributed by atoms with E-state index in [0.717, 1.165) is 19.4 Å². The molecule has 2 N–H and O–H groups in total. The standard InChI is InChI=1S/C17H19N/c18-14-8-7-13-17(15-9-3-1-4-10-15)16-11-5-2-6-12-16/h1-6,9-13H,7-8,14,18H2. The minimum Gasteiger partial charge on any atom is -0.330 e. The lowest BCUT2D eigenvalue weighted by molar-refractivity contribution is 0.856. The van der Waals surface area contributed by atoms with E-state index in [4.69, 9.17) is 5.73 Å². The van der Waals surface area contributed by atoms with Gasteiger partial charge < -0.3 is 5.73 Å². The molecule has 0 spiro atoms. The van der Waals surface area contributed by atoms with Crippen LogP contribution in [0.15, 0.2) is 66.7 Å². The molecule has 1 heteroatoms. The first-order chi connectivity index (χ1) is 8.92. The third kappa shape index (κ3) is 3.31. The van der Waals surface area contributed by atoms with E-state index in [1.807, 2.05) is 12.1 Å². The molecule has 2 aromatic carbocycles. The summed E-state index contributed by atoms with van der Waals surface area (Å²) >= 11 is 0. The molecule has 2 aromatic rings. The van der Waals surface area contributed by atoms with Crippen LogP contribution in [-0.4, -0.2) is 6.54 Å². The van der Waals surface area contributed by atoms with E-state index in [9.17, 15) is 0 Å². The van der Waals surface area contributed by atoms with Gasteiger partial charge in [-0.1, -0.05) is 66.7 Å². The Morgan fingerprint density at radius 2 is 1.33 bits per heavy atom. The number of nitrogens with two attached hydrogens (primary N) is 1. The van der Waals surface area contributed by atoms with Crippen LogP contribution in [-0.2, 0) is 0 Å². The summed E-state index contributed by atoms with van der Waals surface area (Å²) in [6, 6.07) is 21.0. The van der Waals surface area contributed by atoms with Crippen molar-refractivity contribution >= 4 is 5.57 Å². The van der Waals surface area contributed by atoms with Crippen molar-refractivity contribution in [1.29, 1.82) is 0 Å². The van der Waals surface area contributed by atoms with Gasteiger partial charge in [-0.2, -0.15) is 0 Å². The zero-order chi connectivity index (χ0) is 12.6. The van der Waals surface area contributed by atoms with Gasteiger partial charge in [0.15, 0.2) is 0 Å². The zero-order valence-electron chi connectivity index (χ0n) is 10.5. The van der Waals surface area contributed by atoms with Gasteiger partial charge in [0.25, 0.3) is 0 Å². The first-order valence-corrected chi connectivity index (χ1v) is 6.43. The van der Waals surface area contributed by atoms with Gasteiger partial charge in [0.05, 0.1) is 0 Å². The molecule has 0 atom stereocenters. The Labute approximate surface area is 109 Å². The average Bonchev–Trinajstić information content (AvgIpc) is 2.46. The summed E-state index contributed by atoms with van der Waals surface area (Å²) in [7, 11) is 0. The highest BCUT2D eigenvalue weighted by Gasteiger charge is 2.03. The number of hydrogen-bond acceptors (Lipinski definition) is 1. The van der Waals surface area contributed by atoms with Crippen molar-refractivity contribution in [3.8, 4) is 0 Å². The van der Waals surface area contributed by atoms with Crippen molar-refractivity contribution in [2.24, 2.45) is 5.73 Å². The van der Waals surface area contributed by atoms with E-state index in [1.165, 1.54) is 16.7 Å². The molecule has 0 aromatic heterocycles. The maximum Gasteiger partial charge on any atom is -0.00743 e. The fourth-order valence-corrected chi connectivity index (χ4v) is 2.00. The molecular weight excluding hydrogens is 218 g/mol. The van der Waals surface area contributed by atoms with Crippen LogP contribution in [0.2, 0.25) is 0 Å². The molecule has 92 valence electrons. The van der Waals surface area contributed by atoms with Gasteiger partial charge >= 0.3 is 0 Å². The second-order valence-corrected chi connectivity index (χ2v) is 4.28. The quantitative estimate of drug-likeness (QED) is 0.785. The zero-order valence-corrected chi connectivity index (χ0v) is 10.5. The van der Waals surface area contributed by atoms with Crippen LogP contribution < -0.4 is 5.73 Å². The predicted molar refractivity (Wildman–Crippen MR) is 78.3 cm³/mol. The lowest BCUT2D eigenvalue weighted by Crippen LogP contribution is -1.97. The van der Waals surface area contributed by atoms with E-state index in [0.29, 0.717) is 0 Å². The topological polar surface area (TPSA) is 26.0 Å². The summed E-state index contributed by atoms with van der Waals surface area (Å²) in [5, 5.41) is 0. The molecular formula is C17H19N. The molecule has 0 saturated carbocycles. The van der Waals surface area contributed by atoms with Crippen molar-refractivity contribution in [2.75, 3.05) is 6.54 Å². The minimum atomic E-state index is 0.743. The molecule has 0 saturated heterocycles. The largest absolute Gasteiger partial charge is 0.330 e. The SMILES string of the molecule is NCCCC=C(c1ccccc1)c1ccccc1. The van der Waals surface area contributed by atoms with E-state index in [-0.39, 0.29) is 0 Å². The van der Waals surface area contributed by atoms with Crippen LogP contribution in [0.25, 0.3) is 5.57 Å². The highest BCUT2D eigenvalue weighted by Crippen LogP contribution is 2.23. The smallest absolute Gasteiger partial charge is 0.00743 e. The van der Waals surface area contributed by atoms with Crippen LogP contribution in [0.3, 0.4) is 0 Å². The Hall–Kier alpha value is -1.86. The Bertz CT molecular complexity index is 444. The Balaban J connectivity index is 2.33. The lowest BCUT2D eigenvalue weighted by Gasteiger charge is -2.08. The van der Waals surface area contributed by atoms with Crippen molar-refractivity contribution in [3.63, 3.8) is 0 Å². The number of hydrogen-bond donors (Lipinski definition) is 1. The second-order valence-electron chi connectivity index (χ2n) is 4.28. The Kier molecular flexibility index (Phi) is 4.74. The molecule has 0 aliphatic heterocycles. The summed E-state index contributed by atoms with van der Waals surface area (Å²) in [6.45, 7) is 0.743. The van der Waals surface area contributed by atoms with Crippen LogP contribution in [0.4, 0.5) is 0 Å². The van der Waals surface area contributed by atoms with Gasteiger partial charge in [0, 0.05) is 0 Å². The van der Waals surface area contributed by atoms with Crippen LogP contribution in [0.5, 0.6) is 0 Å². The molecule has 1 nitrogen and oxygen atoms in total. The van der Waals surface area contributed by atoms with Gasteiger partial charge in [0.2, 0.25) is 0 Å². The van der Waals surface area contributed by atoms with Gasteiger partial charge in [-0.05, 0) is 36.1 Å². The molecule has 0 amide bonds. The van der Waals surface area contributed by atoms with Gasteiger partial charge in [-0.25, -0.2) is 0 Å². The molecule has 0 aliphatic carbocycles. The Morgan fingerprint density at radius 3 is 1.78 bits per heavy atom.